The van der Waals surface area contributed by atoms with Crippen LogP contribution in [0.2, 0.25) is 0 Å². The predicted molar refractivity (Wildman–Crippen MR) is 88.2 cm³/mol. The summed E-state index contributed by atoms with van der Waals surface area (Å²) in [7, 11) is 1.97. The van der Waals surface area contributed by atoms with Gasteiger partial charge in [-0.05, 0) is 36.2 Å². The highest BCUT2D eigenvalue weighted by Crippen LogP contribution is 2.23. The summed E-state index contributed by atoms with van der Waals surface area (Å²) in [6, 6.07) is 6.09. The van der Waals surface area contributed by atoms with Gasteiger partial charge in [0.15, 0.2) is 0 Å². The zero-order valence-electron chi connectivity index (χ0n) is 12.8. The van der Waals surface area contributed by atoms with E-state index in [0.717, 1.165) is 29.0 Å². The summed E-state index contributed by atoms with van der Waals surface area (Å²) in [5, 5.41) is 3.45. The molecule has 1 N–H and O–H groups in total. The summed E-state index contributed by atoms with van der Waals surface area (Å²) in [6.45, 7) is 6.77. The number of halogens is 1. The Balaban J connectivity index is 1.96. The van der Waals surface area contributed by atoms with Gasteiger partial charge in [-0.1, -0.05) is 29.8 Å². The zero-order chi connectivity index (χ0) is 15.2. The van der Waals surface area contributed by atoms with E-state index < -0.39 is 0 Å². The average molecular weight is 352 g/mol. The van der Waals surface area contributed by atoms with Gasteiger partial charge in [0.2, 0.25) is 0 Å². The lowest BCUT2D eigenvalue weighted by atomic mass is 10.2. The van der Waals surface area contributed by atoms with Crippen molar-refractivity contribution in [1.82, 2.24) is 14.9 Å². The number of hydrogen-bond donors (Lipinski definition) is 1. The first-order valence-corrected chi connectivity index (χ1v) is 7.92. The molecule has 0 saturated heterocycles. The van der Waals surface area contributed by atoms with Gasteiger partial charge in [-0.25, -0.2) is 4.98 Å². The average Bonchev–Trinajstić information content (AvgIpc) is 2.84. The molecule has 0 saturated carbocycles. The highest BCUT2D eigenvalue weighted by molar-refractivity contribution is 9.10. The van der Waals surface area contributed by atoms with E-state index in [1.54, 1.807) is 6.33 Å². The van der Waals surface area contributed by atoms with Crippen LogP contribution in [0.5, 0.6) is 5.75 Å². The van der Waals surface area contributed by atoms with Gasteiger partial charge in [0.25, 0.3) is 0 Å². The van der Waals surface area contributed by atoms with Gasteiger partial charge in [0.05, 0.1) is 18.2 Å². The van der Waals surface area contributed by atoms with Crippen molar-refractivity contribution < 1.29 is 4.74 Å². The molecule has 114 valence electrons. The van der Waals surface area contributed by atoms with Crippen LogP contribution >= 0.6 is 15.9 Å². The Bertz CT molecular complexity index is 581. The van der Waals surface area contributed by atoms with Crippen molar-refractivity contribution in [1.29, 1.82) is 0 Å². The van der Waals surface area contributed by atoms with Crippen LogP contribution in [0.25, 0.3) is 0 Å². The number of aryl methyl sites for hydroxylation is 1. The fourth-order valence-corrected chi connectivity index (χ4v) is 2.34. The summed E-state index contributed by atoms with van der Waals surface area (Å²) in [6.07, 6.45) is 3.60. The summed E-state index contributed by atoms with van der Waals surface area (Å²) in [5.41, 5.74) is 2.26. The molecule has 1 heterocycles. The smallest absolute Gasteiger partial charge is 0.130 e. The molecule has 0 atom stereocenters. The second kappa shape index (κ2) is 7.61. The molecule has 1 aromatic heterocycles. The Morgan fingerprint density at radius 1 is 1.38 bits per heavy atom. The fourth-order valence-electron chi connectivity index (χ4n) is 1.95. The second-order valence-corrected chi connectivity index (χ2v) is 6.42. The van der Waals surface area contributed by atoms with Gasteiger partial charge < -0.3 is 14.6 Å². The minimum atomic E-state index is 0.525. The third-order valence-electron chi connectivity index (χ3n) is 3.19. The molecule has 21 heavy (non-hydrogen) atoms. The van der Waals surface area contributed by atoms with Crippen molar-refractivity contribution in [3.05, 3.63) is 46.5 Å². The highest BCUT2D eigenvalue weighted by Gasteiger charge is 2.05. The van der Waals surface area contributed by atoms with Crippen LogP contribution in [0.1, 0.15) is 25.1 Å². The van der Waals surface area contributed by atoms with Crippen LogP contribution in [0.4, 0.5) is 0 Å². The molecule has 2 rings (SSSR count). The van der Waals surface area contributed by atoms with Gasteiger partial charge in [-0.15, -0.1) is 0 Å². The Kier molecular flexibility index (Phi) is 5.82. The first-order valence-electron chi connectivity index (χ1n) is 7.13. The second-order valence-electron chi connectivity index (χ2n) is 5.56. The van der Waals surface area contributed by atoms with E-state index in [2.05, 4.69) is 46.1 Å². The van der Waals surface area contributed by atoms with Crippen LogP contribution in [-0.2, 0) is 20.2 Å². The first kappa shape index (κ1) is 16.0. The molecule has 0 unspecified atom stereocenters. The molecule has 0 fully saturated rings. The van der Waals surface area contributed by atoms with E-state index in [1.807, 2.05) is 29.9 Å². The van der Waals surface area contributed by atoms with Gasteiger partial charge in [0.1, 0.15) is 12.4 Å². The molecule has 5 heteroatoms. The number of imidazole rings is 1. The maximum atomic E-state index is 5.84. The van der Waals surface area contributed by atoms with E-state index in [0.29, 0.717) is 12.5 Å². The van der Waals surface area contributed by atoms with Gasteiger partial charge >= 0.3 is 0 Å². The topological polar surface area (TPSA) is 39.1 Å². The van der Waals surface area contributed by atoms with E-state index >= 15 is 0 Å². The number of nitrogens with one attached hydrogen (secondary N) is 1. The number of aromatic nitrogens is 2. The molecule has 0 aliphatic heterocycles. The Morgan fingerprint density at radius 3 is 2.86 bits per heavy atom. The lowest BCUT2D eigenvalue weighted by Gasteiger charge is -2.12. The van der Waals surface area contributed by atoms with Gasteiger partial charge in [0, 0.05) is 18.1 Å². The van der Waals surface area contributed by atoms with E-state index in [-0.39, 0.29) is 0 Å². The molecular formula is C16H22BrN3O. The predicted octanol–water partition coefficient (Wildman–Crippen LogP) is 3.51. The zero-order valence-corrected chi connectivity index (χ0v) is 14.4. The van der Waals surface area contributed by atoms with Crippen molar-refractivity contribution in [3.8, 4) is 5.75 Å². The minimum Gasteiger partial charge on any atom is -0.487 e. The van der Waals surface area contributed by atoms with Crippen molar-refractivity contribution in [2.24, 2.45) is 13.0 Å². The van der Waals surface area contributed by atoms with Crippen LogP contribution in [0.3, 0.4) is 0 Å². The normalized spacial score (nSPS) is 11.1. The first-order chi connectivity index (χ1) is 10.1. The van der Waals surface area contributed by atoms with Gasteiger partial charge in [-0.2, -0.15) is 0 Å². The minimum absolute atomic E-state index is 0.525. The third kappa shape index (κ3) is 4.86. The molecule has 0 spiro atoms. The molecule has 4 nitrogen and oxygen atoms in total. The van der Waals surface area contributed by atoms with Gasteiger partial charge in [-0.3, -0.25) is 0 Å². The number of ether oxygens (including phenoxy) is 1. The monoisotopic (exact) mass is 351 g/mol. The van der Waals surface area contributed by atoms with E-state index in [9.17, 15) is 0 Å². The van der Waals surface area contributed by atoms with Crippen LogP contribution < -0.4 is 10.1 Å². The largest absolute Gasteiger partial charge is 0.487 e. The van der Waals surface area contributed by atoms with Crippen molar-refractivity contribution in [2.45, 2.75) is 27.0 Å². The van der Waals surface area contributed by atoms with Crippen LogP contribution in [-0.4, -0.2) is 16.1 Å². The number of rotatable bonds is 7. The fraction of sp³-hybridized carbons (Fsp3) is 0.438. The number of nitrogens with zero attached hydrogens (tertiary/aromatic N) is 2. The summed E-state index contributed by atoms with van der Waals surface area (Å²) in [4.78, 5) is 4.09. The van der Waals surface area contributed by atoms with E-state index in [1.165, 1.54) is 5.56 Å². The Hall–Kier alpha value is -1.33. The maximum Gasteiger partial charge on any atom is 0.130 e. The number of hydrogen-bond acceptors (Lipinski definition) is 3. The molecule has 2 aromatic rings. The van der Waals surface area contributed by atoms with Crippen LogP contribution in [0, 0.1) is 5.92 Å². The summed E-state index contributed by atoms with van der Waals surface area (Å²) >= 11 is 3.59. The van der Waals surface area contributed by atoms with Crippen LogP contribution in [0.15, 0.2) is 35.2 Å². The molecular weight excluding hydrogens is 330 g/mol. The molecule has 0 aliphatic rings. The molecule has 0 bridgehead atoms. The van der Waals surface area contributed by atoms with Crippen molar-refractivity contribution >= 4 is 15.9 Å². The SMILES string of the molecule is CC(C)CNCc1cc(OCc2cncn2C)ccc1Br. The Labute approximate surface area is 134 Å². The maximum absolute atomic E-state index is 5.84. The summed E-state index contributed by atoms with van der Waals surface area (Å²) in [5.74, 6) is 1.52. The standard InChI is InChI=1S/C16H22BrN3O/c1-12(2)7-18-8-13-6-15(4-5-16(13)17)21-10-14-9-19-11-20(14)3/h4-6,9,11-12,18H,7-8,10H2,1-3H3. The molecule has 0 amide bonds. The Morgan fingerprint density at radius 2 is 2.19 bits per heavy atom. The lowest BCUT2D eigenvalue weighted by molar-refractivity contribution is 0.296. The summed E-state index contributed by atoms with van der Waals surface area (Å²) < 4.78 is 8.91. The molecule has 0 radical (unpaired) electrons. The number of benzene rings is 1. The van der Waals surface area contributed by atoms with E-state index in [4.69, 9.17) is 4.74 Å². The third-order valence-corrected chi connectivity index (χ3v) is 3.96. The quantitative estimate of drug-likeness (QED) is 0.829. The molecule has 0 aliphatic carbocycles. The van der Waals surface area contributed by atoms with Crippen molar-refractivity contribution in [2.75, 3.05) is 6.54 Å². The molecule has 1 aromatic carbocycles. The lowest BCUT2D eigenvalue weighted by Crippen LogP contribution is -2.19. The van der Waals surface area contributed by atoms with Crippen molar-refractivity contribution in [3.63, 3.8) is 0 Å². The highest BCUT2D eigenvalue weighted by atomic mass is 79.9.